The molecule has 1 aromatic rings. The molecule has 0 aromatic heterocycles. The Hall–Kier alpha value is -1.59. The number of hydrogen-bond acceptors (Lipinski definition) is 5. The van der Waals surface area contributed by atoms with Crippen molar-refractivity contribution in [2.45, 2.75) is 6.92 Å². The number of phenols is 1. The number of nitrogens with zero attached hydrogens (tertiary/aromatic N) is 1. The molecular formula is C13H21N3O2. The Morgan fingerprint density at radius 1 is 1.44 bits per heavy atom. The number of hydrogen-bond donors (Lipinski definition) is 3. The number of rotatable bonds is 7. The van der Waals surface area contributed by atoms with E-state index in [9.17, 15) is 5.11 Å². The molecule has 5 nitrogen and oxygen atoms in total. The van der Waals surface area contributed by atoms with Crippen molar-refractivity contribution < 1.29 is 9.84 Å². The van der Waals surface area contributed by atoms with Gasteiger partial charge in [0.05, 0.1) is 13.7 Å². The van der Waals surface area contributed by atoms with Gasteiger partial charge in [-0.15, -0.1) is 0 Å². The summed E-state index contributed by atoms with van der Waals surface area (Å²) in [7, 11) is 1.57. The second kappa shape index (κ2) is 7.68. The van der Waals surface area contributed by atoms with Crippen LogP contribution in [0.3, 0.4) is 0 Å². The van der Waals surface area contributed by atoms with Gasteiger partial charge in [0.15, 0.2) is 0 Å². The lowest BCUT2D eigenvalue weighted by Gasteiger charge is -2.07. The second-order valence-electron chi connectivity index (χ2n) is 3.89. The fraction of sp³-hybridized carbons (Fsp3) is 0.462. The van der Waals surface area contributed by atoms with Gasteiger partial charge >= 0.3 is 0 Å². The number of aromatic hydroxyl groups is 1. The highest BCUT2D eigenvalue weighted by Crippen LogP contribution is 2.23. The first kappa shape index (κ1) is 14.5. The molecule has 0 atom stereocenters. The highest BCUT2D eigenvalue weighted by Gasteiger charge is 2.05. The van der Waals surface area contributed by atoms with Crippen molar-refractivity contribution in [1.29, 1.82) is 0 Å². The molecule has 0 bridgehead atoms. The molecular weight excluding hydrogens is 230 g/mol. The van der Waals surface area contributed by atoms with E-state index in [2.05, 4.69) is 10.3 Å². The van der Waals surface area contributed by atoms with Crippen molar-refractivity contribution >= 4 is 5.71 Å². The molecule has 0 saturated heterocycles. The standard InChI is InChI=1S/C13H21N3O2/c1-10(16-8-7-15-6-5-14)12-4-3-11(18-2)9-13(12)17/h3-4,9,15,17H,5-8,14H2,1-2H3. The zero-order valence-corrected chi connectivity index (χ0v) is 10.9. The van der Waals surface area contributed by atoms with E-state index in [0.717, 1.165) is 24.4 Å². The third kappa shape index (κ3) is 4.35. The number of methoxy groups -OCH3 is 1. The van der Waals surface area contributed by atoms with Crippen molar-refractivity contribution in [3.63, 3.8) is 0 Å². The number of benzene rings is 1. The van der Waals surface area contributed by atoms with E-state index in [4.69, 9.17) is 10.5 Å². The predicted molar refractivity (Wildman–Crippen MR) is 73.7 cm³/mol. The molecule has 5 heteroatoms. The van der Waals surface area contributed by atoms with Gasteiger partial charge < -0.3 is 20.9 Å². The molecule has 1 rings (SSSR count). The Labute approximate surface area is 108 Å². The smallest absolute Gasteiger partial charge is 0.128 e. The average Bonchev–Trinajstić information content (AvgIpc) is 2.38. The van der Waals surface area contributed by atoms with Gasteiger partial charge in [0.1, 0.15) is 11.5 Å². The van der Waals surface area contributed by atoms with Crippen molar-refractivity contribution in [2.75, 3.05) is 33.3 Å². The molecule has 0 amide bonds. The highest BCUT2D eigenvalue weighted by molar-refractivity contribution is 6.01. The van der Waals surface area contributed by atoms with Crippen molar-refractivity contribution in [1.82, 2.24) is 5.32 Å². The molecule has 100 valence electrons. The van der Waals surface area contributed by atoms with Gasteiger partial charge in [-0.3, -0.25) is 4.99 Å². The zero-order chi connectivity index (χ0) is 13.4. The molecule has 0 aliphatic heterocycles. The first-order valence-electron chi connectivity index (χ1n) is 5.98. The van der Waals surface area contributed by atoms with Gasteiger partial charge in [-0.2, -0.15) is 0 Å². The third-order valence-corrected chi connectivity index (χ3v) is 2.55. The number of ether oxygens (including phenoxy) is 1. The summed E-state index contributed by atoms with van der Waals surface area (Å²) < 4.78 is 5.03. The summed E-state index contributed by atoms with van der Waals surface area (Å²) in [6.45, 7) is 4.75. The highest BCUT2D eigenvalue weighted by atomic mass is 16.5. The summed E-state index contributed by atoms with van der Waals surface area (Å²) in [5.74, 6) is 0.819. The topological polar surface area (TPSA) is 79.9 Å². The minimum atomic E-state index is 0.186. The number of aliphatic imine (C=N–C) groups is 1. The fourth-order valence-electron chi connectivity index (χ4n) is 1.56. The number of nitrogens with one attached hydrogen (secondary N) is 1. The Kier molecular flexibility index (Phi) is 6.18. The summed E-state index contributed by atoms with van der Waals surface area (Å²) in [5.41, 5.74) is 6.91. The van der Waals surface area contributed by atoms with Crippen molar-refractivity contribution in [3.8, 4) is 11.5 Å². The Morgan fingerprint density at radius 3 is 2.83 bits per heavy atom. The van der Waals surface area contributed by atoms with Gasteiger partial charge in [-0.25, -0.2) is 0 Å². The van der Waals surface area contributed by atoms with Crippen LogP contribution in [0.1, 0.15) is 12.5 Å². The van der Waals surface area contributed by atoms with E-state index in [1.54, 1.807) is 25.3 Å². The lowest BCUT2D eigenvalue weighted by molar-refractivity contribution is 0.407. The maximum atomic E-state index is 9.84. The summed E-state index contributed by atoms with van der Waals surface area (Å²) in [6, 6.07) is 5.20. The van der Waals surface area contributed by atoms with Gasteiger partial charge in [-0.05, 0) is 19.1 Å². The van der Waals surface area contributed by atoms with Crippen molar-refractivity contribution in [2.24, 2.45) is 10.7 Å². The van der Waals surface area contributed by atoms with Gasteiger partial charge in [-0.1, -0.05) is 0 Å². The molecule has 0 aliphatic carbocycles. The average molecular weight is 251 g/mol. The van der Waals surface area contributed by atoms with E-state index < -0.39 is 0 Å². The molecule has 1 aromatic carbocycles. The Morgan fingerprint density at radius 2 is 2.22 bits per heavy atom. The molecule has 0 radical (unpaired) electrons. The van der Waals surface area contributed by atoms with Crippen LogP contribution in [0.5, 0.6) is 11.5 Å². The molecule has 0 unspecified atom stereocenters. The molecule has 0 aliphatic rings. The molecule has 0 heterocycles. The van der Waals surface area contributed by atoms with Crippen LogP contribution in [-0.4, -0.2) is 44.1 Å². The minimum Gasteiger partial charge on any atom is -0.507 e. The fourth-order valence-corrected chi connectivity index (χ4v) is 1.56. The second-order valence-corrected chi connectivity index (χ2v) is 3.89. The first-order chi connectivity index (χ1) is 8.69. The largest absolute Gasteiger partial charge is 0.507 e. The van der Waals surface area contributed by atoms with Crippen molar-refractivity contribution in [3.05, 3.63) is 23.8 Å². The molecule has 0 saturated carbocycles. The first-order valence-corrected chi connectivity index (χ1v) is 5.98. The zero-order valence-electron chi connectivity index (χ0n) is 10.9. The Bertz CT molecular complexity index is 405. The van der Waals surface area contributed by atoms with Crippen LogP contribution in [0, 0.1) is 0 Å². The third-order valence-electron chi connectivity index (χ3n) is 2.55. The molecule has 18 heavy (non-hydrogen) atoms. The minimum absolute atomic E-state index is 0.186. The SMILES string of the molecule is COc1ccc(C(C)=NCCNCCN)c(O)c1. The Balaban J connectivity index is 2.60. The van der Waals surface area contributed by atoms with Crippen LogP contribution in [0.4, 0.5) is 0 Å². The molecule has 0 fully saturated rings. The number of phenolic OH excluding ortho intramolecular Hbond substituents is 1. The quantitative estimate of drug-likeness (QED) is 0.494. The summed E-state index contributed by atoms with van der Waals surface area (Å²) in [5, 5.41) is 13.0. The predicted octanol–water partition coefficient (Wildman–Crippen LogP) is 0.758. The molecule has 4 N–H and O–H groups in total. The summed E-state index contributed by atoms with van der Waals surface area (Å²) >= 11 is 0. The number of nitrogens with two attached hydrogens (primary N) is 1. The van der Waals surface area contributed by atoms with E-state index in [-0.39, 0.29) is 5.75 Å². The maximum absolute atomic E-state index is 9.84. The van der Waals surface area contributed by atoms with Crippen LogP contribution in [-0.2, 0) is 0 Å². The van der Waals surface area contributed by atoms with Gasteiger partial charge in [0.25, 0.3) is 0 Å². The van der Waals surface area contributed by atoms with Crippen LogP contribution >= 0.6 is 0 Å². The van der Waals surface area contributed by atoms with E-state index >= 15 is 0 Å². The lowest BCUT2D eigenvalue weighted by atomic mass is 10.1. The lowest BCUT2D eigenvalue weighted by Crippen LogP contribution is -2.25. The summed E-state index contributed by atoms with van der Waals surface area (Å²) in [6.07, 6.45) is 0. The van der Waals surface area contributed by atoms with Gasteiger partial charge in [0, 0.05) is 37.0 Å². The maximum Gasteiger partial charge on any atom is 0.128 e. The summed E-state index contributed by atoms with van der Waals surface area (Å²) in [4.78, 5) is 4.40. The van der Waals surface area contributed by atoms with Gasteiger partial charge in [0.2, 0.25) is 0 Å². The van der Waals surface area contributed by atoms with E-state index in [0.29, 0.717) is 18.8 Å². The monoisotopic (exact) mass is 251 g/mol. The van der Waals surface area contributed by atoms with Crippen LogP contribution in [0.15, 0.2) is 23.2 Å². The van der Waals surface area contributed by atoms with E-state index in [1.807, 2.05) is 6.92 Å². The van der Waals surface area contributed by atoms with E-state index in [1.165, 1.54) is 0 Å². The van der Waals surface area contributed by atoms with Crippen LogP contribution in [0.25, 0.3) is 0 Å². The van der Waals surface area contributed by atoms with Crippen LogP contribution in [0.2, 0.25) is 0 Å². The van der Waals surface area contributed by atoms with Crippen LogP contribution < -0.4 is 15.8 Å². The normalized spacial score (nSPS) is 11.6. The molecule has 0 spiro atoms.